The highest BCUT2D eigenvalue weighted by Gasteiger charge is 2.47. The monoisotopic (exact) mass is 513 g/mol. The number of hydrogen-bond donors (Lipinski definition) is 2. The third-order valence-electron chi connectivity index (χ3n) is 5.40. The number of sulfonamides is 1. The number of hydrogen-bond acceptors (Lipinski definition) is 7. The first-order valence-corrected chi connectivity index (χ1v) is 11.9. The van der Waals surface area contributed by atoms with E-state index in [1.165, 1.54) is 60.7 Å². The van der Waals surface area contributed by atoms with Gasteiger partial charge < -0.3 is 5.11 Å². The third-order valence-corrected chi connectivity index (χ3v) is 6.58. The number of ketones is 1. The Balaban J connectivity index is 1.95. The van der Waals surface area contributed by atoms with Crippen LogP contribution in [0.3, 0.4) is 0 Å². The maximum atomic E-state index is 13.1. The highest BCUT2D eigenvalue weighted by atomic mass is 35.5. The Bertz CT molecular complexity index is 1500. The number of nitrogens with zero attached hydrogens (tertiary/aromatic N) is 2. The van der Waals surface area contributed by atoms with Crippen LogP contribution >= 0.6 is 11.6 Å². The van der Waals surface area contributed by atoms with Crippen molar-refractivity contribution in [3.63, 3.8) is 0 Å². The second kappa shape index (κ2) is 8.95. The Morgan fingerprint density at radius 3 is 2.23 bits per heavy atom. The molecule has 0 aliphatic carbocycles. The van der Waals surface area contributed by atoms with Crippen LogP contribution in [0, 0.1) is 10.1 Å². The molecule has 1 atom stereocenters. The van der Waals surface area contributed by atoms with E-state index in [-0.39, 0.29) is 33.0 Å². The summed E-state index contributed by atoms with van der Waals surface area (Å²) in [5, 5.41) is 27.9. The number of carbonyl (C=O) groups excluding carboxylic acids is 2. The van der Waals surface area contributed by atoms with Crippen molar-refractivity contribution in [1.82, 2.24) is 0 Å². The van der Waals surface area contributed by atoms with Gasteiger partial charge in [0.1, 0.15) is 5.76 Å². The molecular formula is C23H16ClN3O7S. The van der Waals surface area contributed by atoms with Crippen molar-refractivity contribution in [2.24, 2.45) is 5.14 Å². The maximum absolute atomic E-state index is 13.1. The van der Waals surface area contributed by atoms with E-state index in [1.54, 1.807) is 0 Å². The van der Waals surface area contributed by atoms with Gasteiger partial charge in [0.25, 0.3) is 17.4 Å². The minimum absolute atomic E-state index is 0.117. The first-order valence-electron chi connectivity index (χ1n) is 9.93. The van der Waals surface area contributed by atoms with Gasteiger partial charge in [0, 0.05) is 28.4 Å². The van der Waals surface area contributed by atoms with Gasteiger partial charge in [-0.1, -0.05) is 23.7 Å². The number of rotatable bonds is 5. The molecule has 1 saturated heterocycles. The minimum Gasteiger partial charge on any atom is -0.507 e. The Kier molecular flexibility index (Phi) is 6.15. The summed E-state index contributed by atoms with van der Waals surface area (Å²) in [6, 6.07) is 14.8. The summed E-state index contributed by atoms with van der Waals surface area (Å²) in [5.41, 5.74) is -0.0829. The van der Waals surface area contributed by atoms with Gasteiger partial charge in [0.05, 0.1) is 21.4 Å². The Morgan fingerprint density at radius 2 is 1.66 bits per heavy atom. The number of carbonyl (C=O) groups is 2. The van der Waals surface area contributed by atoms with Crippen LogP contribution in [0.1, 0.15) is 17.2 Å². The van der Waals surface area contributed by atoms with E-state index in [2.05, 4.69) is 0 Å². The quantitative estimate of drug-likeness (QED) is 0.173. The molecule has 1 heterocycles. The molecule has 0 saturated carbocycles. The molecule has 3 aromatic carbocycles. The van der Waals surface area contributed by atoms with E-state index in [1.807, 2.05) is 0 Å². The van der Waals surface area contributed by atoms with Crippen LogP contribution < -0.4 is 10.0 Å². The summed E-state index contributed by atoms with van der Waals surface area (Å²) < 4.78 is 23.2. The average Bonchev–Trinajstić information content (AvgIpc) is 3.09. The molecule has 35 heavy (non-hydrogen) atoms. The summed E-state index contributed by atoms with van der Waals surface area (Å²) in [5.74, 6) is -2.54. The van der Waals surface area contributed by atoms with Crippen LogP contribution in [0.25, 0.3) is 5.76 Å². The Labute approximate surface area is 204 Å². The van der Waals surface area contributed by atoms with Crippen molar-refractivity contribution in [2.75, 3.05) is 4.90 Å². The standard InChI is InChI=1S/C23H16ClN3O7S/c24-15-6-4-13(5-7-15)21(28)19-20(14-2-1-3-17(12-14)27(31)32)26(23(30)22(19)29)16-8-10-18(11-9-16)35(25,33)34/h1-12,20,28H,(H2,25,33,34)/b21-19+. The number of primary sulfonamides is 1. The predicted octanol–water partition coefficient (Wildman–Crippen LogP) is 3.52. The van der Waals surface area contributed by atoms with E-state index in [0.717, 1.165) is 17.0 Å². The van der Waals surface area contributed by atoms with Crippen molar-refractivity contribution >= 4 is 50.4 Å². The minimum atomic E-state index is -4.02. The fourth-order valence-corrected chi connectivity index (χ4v) is 4.42. The number of nitrogens with two attached hydrogens (primary N) is 1. The number of aliphatic hydroxyl groups is 1. The molecule has 178 valence electrons. The molecule has 10 nitrogen and oxygen atoms in total. The summed E-state index contributed by atoms with van der Waals surface area (Å²) >= 11 is 5.90. The van der Waals surface area contributed by atoms with Crippen molar-refractivity contribution in [1.29, 1.82) is 0 Å². The average molecular weight is 514 g/mol. The highest BCUT2D eigenvalue weighted by Crippen LogP contribution is 2.43. The number of Topliss-reactive ketones (excluding diaryl/α,β-unsaturated/α-hetero) is 1. The van der Waals surface area contributed by atoms with Crippen LogP contribution in [0.5, 0.6) is 0 Å². The van der Waals surface area contributed by atoms with Gasteiger partial charge in [-0.2, -0.15) is 0 Å². The molecule has 3 N–H and O–H groups in total. The summed E-state index contributed by atoms with van der Waals surface area (Å²) in [6.07, 6.45) is 0. The van der Waals surface area contributed by atoms with Crippen molar-refractivity contribution in [2.45, 2.75) is 10.9 Å². The zero-order valence-corrected chi connectivity index (χ0v) is 19.2. The van der Waals surface area contributed by atoms with E-state index in [0.29, 0.717) is 5.02 Å². The van der Waals surface area contributed by atoms with Gasteiger partial charge in [0.15, 0.2) is 0 Å². The van der Waals surface area contributed by atoms with Crippen LogP contribution in [0.15, 0.2) is 83.3 Å². The molecular weight excluding hydrogens is 498 g/mol. The number of halogens is 1. The molecule has 1 unspecified atom stereocenters. The SMILES string of the molecule is NS(=O)(=O)c1ccc(N2C(=O)C(=O)/C(=C(/O)c3ccc(Cl)cc3)C2c2cccc([N+](=O)[O-])c2)cc1. The molecule has 4 rings (SSSR count). The van der Waals surface area contributed by atoms with Crippen molar-refractivity contribution in [3.05, 3.63) is 105 Å². The third kappa shape index (κ3) is 4.52. The smallest absolute Gasteiger partial charge is 0.300 e. The zero-order valence-electron chi connectivity index (χ0n) is 17.7. The van der Waals surface area contributed by atoms with Gasteiger partial charge in [0.2, 0.25) is 10.0 Å². The fraction of sp³-hybridized carbons (Fsp3) is 0.0435. The van der Waals surface area contributed by atoms with Crippen LogP contribution in [-0.4, -0.2) is 30.1 Å². The second-order valence-electron chi connectivity index (χ2n) is 7.57. The largest absolute Gasteiger partial charge is 0.507 e. The molecule has 0 bridgehead atoms. The molecule has 0 spiro atoms. The summed E-state index contributed by atoms with van der Waals surface area (Å²) in [7, 11) is -4.02. The van der Waals surface area contributed by atoms with Crippen LogP contribution in [0.2, 0.25) is 5.02 Å². The number of amides is 1. The molecule has 1 amide bonds. The molecule has 1 fully saturated rings. The zero-order chi connectivity index (χ0) is 25.5. The van der Waals surface area contributed by atoms with E-state index in [9.17, 15) is 33.2 Å². The predicted molar refractivity (Wildman–Crippen MR) is 127 cm³/mol. The summed E-state index contributed by atoms with van der Waals surface area (Å²) in [6.45, 7) is 0. The van der Waals surface area contributed by atoms with E-state index in [4.69, 9.17) is 16.7 Å². The fourth-order valence-electron chi connectivity index (χ4n) is 3.78. The topological polar surface area (TPSA) is 161 Å². The number of non-ortho nitro benzene ring substituents is 1. The lowest BCUT2D eigenvalue weighted by atomic mass is 9.95. The first-order chi connectivity index (χ1) is 16.5. The molecule has 0 aromatic heterocycles. The highest BCUT2D eigenvalue weighted by molar-refractivity contribution is 7.89. The van der Waals surface area contributed by atoms with Crippen LogP contribution in [-0.2, 0) is 19.6 Å². The molecule has 3 aromatic rings. The molecule has 1 aliphatic rings. The van der Waals surface area contributed by atoms with Gasteiger partial charge in [-0.15, -0.1) is 0 Å². The number of benzene rings is 3. The molecule has 0 radical (unpaired) electrons. The van der Waals surface area contributed by atoms with Gasteiger partial charge >= 0.3 is 0 Å². The van der Waals surface area contributed by atoms with Crippen LogP contribution in [0.4, 0.5) is 11.4 Å². The van der Waals surface area contributed by atoms with E-state index < -0.39 is 38.4 Å². The molecule has 12 heteroatoms. The lowest BCUT2D eigenvalue weighted by Crippen LogP contribution is -2.29. The Morgan fingerprint density at radius 1 is 1.03 bits per heavy atom. The second-order valence-corrected chi connectivity index (χ2v) is 9.56. The van der Waals surface area contributed by atoms with Gasteiger partial charge in [-0.05, 0) is 54.1 Å². The number of aliphatic hydroxyl groups excluding tert-OH is 1. The number of nitro groups is 1. The van der Waals surface area contributed by atoms with Gasteiger partial charge in [-0.3, -0.25) is 24.6 Å². The van der Waals surface area contributed by atoms with Gasteiger partial charge in [-0.25, -0.2) is 13.6 Å². The lowest BCUT2D eigenvalue weighted by Gasteiger charge is -2.25. The van der Waals surface area contributed by atoms with E-state index >= 15 is 0 Å². The number of anilines is 1. The first kappa shape index (κ1) is 24.1. The van der Waals surface area contributed by atoms with Crippen molar-refractivity contribution in [3.8, 4) is 0 Å². The Hall–Kier alpha value is -4.06. The lowest BCUT2D eigenvalue weighted by molar-refractivity contribution is -0.384. The maximum Gasteiger partial charge on any atom is 0.300 e. The molecule has 1 aliphatic heterocycles. The normalized spacial score (nSPS) is 17.5. The van der Waals surface area contributed by atoms with Crippen molar-refractivity contribution < 1.29 is 28.0 Å². The summed E-state index contributed by atoms with van der Waals surface area (Å²) in [4.78, 5) is 37.8. The number of nitro benzene ring substituents is 1.